The van der Waals surface area contributed by atoms with E-state index >= 15 is 0 Å². The second-order valence-corrected chi connectivity index (χ2v) is 17.8. The first-order valence-corrected chi connectivity index (χ1v) is 23.4. The van der Waals surface area contributed by atoms with Gasteiger partial charge in [-0.05, 0) is 159 Å². The molecule has 0 radical (unpaired) electrons. The summed E-state index contributed by atoms with van der Waals surface area (Å²) >= 11 is 0. The van der Waals surface area contributed by atoms with Crippen LogP contribution in [0, 0.1) is 5.41 Å². The fourth-order valence-corrected chi connectivity index (χ4v) is 10.3. The lowest BCUT2D eigenvalue weighted by Crippen LogP contribution is -2.13. The molecule has 0 fully saturated rings. The smallest absolute Gasteiger partial charge is 0.109 e. The highest BCUT2D eigenvalue weighted by atomic mass is 15.3. The van der Waals surface area contributed by atoms with Crippen molar-refractivity contribution in [3.8, 4) is 44.5 Å². The maximum absolute atomic E-state index is 8.92. The quantitative estimate of drug-likeness (QED) is 0.0952. The van der Waals surface area contributed by atoms with Gasteiger partial charge in [-0.25, -0.2) is 0 Å². The zero-order valence-corrected chi connectivity index (χ0v) is 37.5. The molecule has 11 aromatic carbocycles. The lowest BCUT2D eigenvalue weighted by molar-refractivity contribution is 1.34. The van der Waals surface area contributed by atoms with Crippen LogP contribution >= 0.6 is 0 Å². The van der Waals surface area contributed by atoms with Crippen LogP contribution in [0.1, 0.15) is 5.56 Å². The van der Waals surface area contributed by atoms with Gasteiger partial charge in [-0.3, -0.25) is 15.8 Å². The van der Waals surface area contributed by atoms with E-state index in [1.54, 1.807) is 0 Å². The number of rotatable bonds is 7. The Hall–Kier alpha value is -9.25. The molecule has 69 heavy (non-hydrogen) atoms. The first-order chi connectivity index (χ1) is 34.1. The van der Waals surface area contributed by atoms with Gasteiger partial charge < -0.3 is 0 Å². The molecule has 4 heteroatoms. The van der Waals surface area contributed by atoms with Gasteiger partial charge in [0.1, 0.15) is 5.71 Å². The van der Waals surface area contributed by atoms with Gasteiger partial charge in [0.2, 0.25) is 0 Å². The number of nitrogens with zero attached hydrogens (tertiary/aromatic N) is 2. The summed E-state index contributed by atoms with van der Waals surface area (Å²) < 4.78 is 0. The number of para-hydroxylation sites is 1. The Bertz CT molecular complexity index is 4180. The van der Waals surface area contributed by atoms with E-state index < -0.39 is 0 Å². The van der Waals surface area contributed by atoms with Crippen LogP contribution in [0.3, 0.4) is 0 Å². The Morgan fingerprint density at radius 3 is 1.55 bits per heavy atom. The second kappa shape index (κ2) is 16.6. The number of hydrazone groups is 1. The lowest BCUT2D eigenvalue weighted by Gasteiger charge is -2.20. The third-order valence-electron chi connectivity index (χ3n) is 13.8. The van der Waals surface area contributed by atoms with E-state index in [1.165, 1.54) is 76.1 Å². The number of anilines is 1. The first kappa shape index (κ1) is 40.1. The van der Waals surface area contributed by atoms with Crippen LogP contribution in [0.15, 0.2) is 248 Å². The average Bonchev–Trinajstić information content (AvgIpc) is 3.41. The van der Waals surface area contributed by atoms with Crippen LogP contribution in [0.4, 0.5) is 5.69 Å². The molecule has 0 aliphatic heterocycles. The lowest BCUT2D eigenvalue weighted by atomic mass is 9.84. The van der Waals surface area contributed by atoms with E-state index in [9.17, 15) is 0 Å². The summed E-state index contributed by atoms with van der Waals surface area (Å²) in [4.78, 5) is 4.75. The number of pyridine rings is 1. The summed E-state index contributed by atoms with van der Waals surface area (Å²) in [6.07, 6.45) is 7.87. The molecule has 0 saturated heterocycles. The summed E-state index contributed by atoms with van der Waals surface area (Å²) in [5, 5.41) is 26.9. The Kier molecular flexibility index (Phi) is 9.62. The number of hydrogen-bond donors (Lipinski definition) is 2. The van der Waals surface area contributed by atoms with Crippen molar-refractivity contribution in [2.24, 2.45) is 5.10 Å². The number of aromatic nitrogens is 1. The number of benzene rings is 11. The number of fused-ring (bicyclic) bond motifs is 6. The minimum atomic E-state index is 0.346. The maximum Gasteiger partial charge on any atom is 0.109 e. The van der Waals surface area contributed by atoms with Crippen LogP contribution in [0.5, 0.6) is 0 Å². The Labute approximate surface area is 399 Å². The molecule has 0 unspecified atom stereocenters. The van der Waals surface area contributed by atoms with Gasteiger partial charge in [0.25, 0.3) is 0 Å². The molecule has 2 N–H and O–H groups in total. The predicted molar refractivity (Wildman–Crippen MR) is 293 cm³/mol. The third-order valence-corrected chi connectivity index (χ3v) is 13.8. The van der Waals surface area contributed by atoms with Gasteiger partial charge in [-0.2, -0.15) is 5.10 Å². The number of allylic oxidation sites excluding steroid dienone is 4. The van der Waals surface area contributed by atoms with Gasteiger partial charge in [0, 0.05) is 17.1 Å². The Morgan fingerprint density at radius 1 is 0.377 bits per heavy atom. The van der Waals surface area contributed by atoms with Gasteiger partial charge in [0.15, 0.2) is 0 Å². The van der Waals surface area contributed by atoms with Crippen molar-refractivity contribution in [3.05, 3.63) is 248 Å². The molecule has 0 amide bonds. The number of hydrogen-bond acceptors (Lipinski definition) is 4. The molecule has 1 aliphatic rings. The summed E-state index contributed by atoms with van der Waals surface area (Å²) in [5.74, 6) is 0. The minimum absolute atomic E-state index is 0.346. The average molecular weight is 879 g/mol. The van der Waals surface area contributed by atoms with Crippen molar-refractivity contribution >= 4 is 87.4 Å². The van der Waals surface area contributed by atoms with E-state index in [1.807, 2.05) is 36.6 Å². The molecule has 0 saturated carbocycles. The third kappa shape index (κ3) is 7.14. The van der Waals surface area contributed by atoms with E-state index in [2.05, 4.69) is 212 Å². The van der Waals surface area contributed by atoms with Gasteiger partial charge >= 0.3 is 0 Å². The Balaban J connectivity index is 0.863. The van der Waals surface area contributed by atoms with E-state index in [4.69, 9.17) is 15.5 Å². The molecule has 0 atom stereocenters. The highest BCUT2D eigenvalue weighted by molar-refractivity contribution is 6.51. The molecular formula is C65H42N4. The summed E-state index contributed by atoms with van der Waals surface area (Å²) in [5.41, 5.74) is 17.4. The van der Waals surface area contributed by atoms with Crippen molar-refractivity contribution < 1.29 is 0 Å². The molecule has 0 spiro atoms. The first-order valence-electron chi connectivity index (χ1n) is 23.4. The molecule has 322 valence electrons. The maximum atomic E-state index is 8.92. The summed E-state index contributed by atoms with van der Waals surface area (Å²) in [6.45, 7) is 0. The van der Waals surface area contributed by atoms with E-state index in [0.717, 1.165) is 50.0 Å². The van der Waals surface area contributed by atoms with Crippen LogP contribution < -0.4 is 5.43 Å². The van der Waals surface area contributed by atoms with Gasteiger partial charge in [-0.15, -0.1) is 0 Å². The second-order valence-electron chi connectivity index (χ2n) is 17.8. The van der Waals surface area contributed by atoms with Crippen LogP contribution in [0.2, 0.25) is 0 Å². The molecule has 4 nitrogen and oxygen atoms in total. The van der Waals surface area contributed by atoms with E-state index in [0.29, 0.717) is 11.4 Å². The molecule has 0 bridgehead atoms. The normalized spacial score (nSPS) is 13.3. The highest BCUT2D eigenvalue weighted by Gasteiger charge is 2.20. The topological polar surface area (TPSA) is 61.1 Å². The van der Waals surface area contributed by atoms with Crippen molar-refractivity contribution in [2.75, 3.05) is 5.43 Å². The summed E-state index contributed by atoms with van der Waals surface area (Å²) in [7, 11) is 0. The fraction of sp³-hybridized carbons (Fsp3) is 0. The monoisotopic (exact) mass is 878 g/mol. The molecular weight excluding hydrogens is 837 g/mol. The molecule has 1 heterocycles. The Morgan fingerprint density at radius 2 is 0.884 bits per heavy atom. The SMILES string of the molecule is N=C1C=CC(c2ccc3c(-c4ccc5ccccc5c4)c4ccccc4c(-c4ccc5ccccc5c4)c3c2)=C/C1=N/Nc1ccc(-c2ccc(-c3cnc4ccccc4c3)c3ccccc23)cc1. The van der Waals surface area contributed by atoms with Gasteiger partial charge in [0.05, 0.1) is 16.9 Å². The largest absolute Gasteiger partial charge is 0.299 e. The molecule has 13 rings (SSSR count). The predicted octanol–water partition coefficient (Wildman–Crippen LogP) is 17.1. The van der Waals surface area contributed by atoms with Crippen LogP contribution in [-0.4, -0.2) is 16.4 Å². The fourth-order valence-electron chi connectivity index (χ4n) is 10.3. The zero-order valence-electron chi connectivity index (χ0n) is 37.5. The molecule has 1 aliphatic carbocycles. The highest BCUT2D eigenvalue weighted by Crippen LogP contribution is 2.46. The minimum Gasteiger partial charge on any atom is -0.299 e. The van der Waals surface area contributed by atoms with Gasteiger partial charge in [-0.1, -0.05) is 182 Å². The van der Waals surface area contributed by atoms with Crippen molar-refractivity contribution in [2.45, 2.75) is 0 Å². The van der Waals surface area contributed by atoms with E-state index in [-0.39, 0.29) is 0 Å². The van der Waals surface area contributed by atoms with Crippen molar-refractivity contribution in [1.29, 1.82) is 5.41 Å². The molecule has 1 aromatic heterocycles. The summed E-state index contributed by atoms with van der Waals surface area (Å²) in [6, 6.07) is 78.3. The van der Waals surface area contributed by atoms with Crippen LogP contribution in [-0.2, 0) is 0 Å². The van der Waals surface area contributed by atoms with Crippen molar-refractivity contribution in [3.63, 3.8) is 0 Å². The molecule has 12 aromatic rings. The van der Waals surface area contributed by atoms with Crippen LogP contribution in [0.25, 0.3) is 115 Å². The zero-order chi connectivity index (χ0) is 45.8. The number of nitrogens with one attached hydrogen (secondary N) is 2. The van der Waals surface area contributed by atoms with Crippen molar-refractivity contribution in [1.82, 2.24) is 4.98 Å². The standard InChI is InChI=1S/C65H42N4/c66-61-34-28-47(39-63(61)69-68-52-29-25-43(26-30-52)53-32-33-54(56-17-7-6-16-55(53)56)51-37-48-15-5-10-20-62(48)67-40-51)46-27-31-59-60(38-46)65(50-24-22-42-12-2-4-14-45(42)36-50)58-19-9-8-18-57(58)64(59)49-23-21-41-11-1-3-13-44(41)35-49/h1-40,66,68H/b66-61?,69-63-.